The van der Waals surface area contributed by atoms with Gasteiger partial charge in [-0.05, 0) is 50.8 Å². The van der Waals surface area contributed by atoms with Gasteiger partial charge >= 0.3 is 0 Å². The Hall–Kier alpha value is -3.22. The number of para-hydroxylation sites is 1. The second kappa shape index (κ2) is 7.80. The topological polar surface area (TPSA) is 95.1 Å². The number of aryl methyl sites for hydroxylation is 2. The molecule has 1 aliphatic rings. The second-order valence-electron chi connectivity index (χ2n) is 7.20. The maximum atomic E-state index is 12.2. The van der Waals surface area contributed by atoms with Crippen LogP contribution in [0.3, 0.4) is 0 Å². The molecular formula is C21H24N6O. The number of aromatic amines is 1. The first kappa shape index (κ1) is 18.2. The first-order chi connectivity index (χ1) is 13.6. The first-order valence-corrected chi connectivity index (χ1v) is 9.58. The highest BCUT2D eigenvalue weighted by molar-refractivity contribution is 6.04. The number of hydrogen-bond donors (Lipinski definition) is 3. The van der Waals surface area contributed by atoms with E-state index in [9.17, 15) is 4.79 Å². The van der Waals surface area contributed by atoms with E-state index in [-0.39, 0.29) is 11.8 Å². The summed E-state index contributed by atoms with van der Waals surface area (Å²) in [6, 6.07) is 10.1. The van der Waals surface area contributed by atoms with Crippen molar-refractivity contribution < 1.29 is 4.79 Å². The lowest BCUT2D eigenvalue weighted by Gasteiger charge is -2.11. The molecule has 3 aromatic rings. The van der Waals surface area contributed by atoms with E-state index in [0.717, 1.165) is 36.2 Å². The van der Waals surface area contributed by atoms with Gasteiger partial charge in [-0.25, -0.2) is 9.97 Å². The number of anilines is 1. The molecule has 2 heterocycles. The third-order valence-electron chi connectivity index (χ3n) is 4.73. The quantitative estimate of drug-likeness (QED) is 0.471. The van der Waals surface area contributed by atoms with Crippen LogP contribution in [0.4, 0.5) is 5.95 Å². The van der Waals surface area contributed by atoms with Crippen molar-refractivity contribution in [2.75, 3.05) is 11.9 Å². The van der Waals surface area contributed by atoms with Crippen LogP contribution in [-0.4, -0.2) is 33.4 Å². The number of aromatic nitrogens is 3. The molecule has 1 aromatic carbocycles. The van der Waals surface area contributed by atoms with Crippen molar-refractivity contribution in [3.63, 3.8) is 0 Å². The van der Waals surface area contributed by atoms with Crippen LogP contribution in [-0.2, 0) is 11.2 Å². The van der Waals surface area contributed by atoms with Gasteiger partial charge in [0.1, 0.15) is 0 Å². The number of nitrogens with zero attached hydrogens (tertiary/aromatic N) is 3. The number of hydrogen-bond acceptors (Lipinski definition) is 4. The zero-order valence-corrected chi connectivity index (χ0v) is 16.1. The van der Waals surface area contributed by atoms with Crippen LogP contribution in [0.5, 0.6) is 0 Å². The fraction of sp³-hybridized carbons (Fsp3) is 0.333. The predicted molar refractivity (Wildman–Crippen MR) is 110 cm³/mol. The number of nitrogens with one attached hydrogen (secondary N) is 3. The Morgan fingerprint density at radius 2 is 1.96 bits per heavy atom. The molecule has 144 valence electrons. The van der Waals surface area contributed by atoms with E-state index in [1.165, 1.54) is 10.9 Å². The smallest absolute Gasteiger partial charge is 0.229 e. The Morgan fingerprint density at radius 3 is 2.71 bits per heavy atom. The number of benzene rings is 1. The van der Waals surface area contributed by atoms with Crippen molar-refractivity contribution in [1.29, 1.82) is 0 Å². The third-order valence-corrected chi connectivity index (χ3v) is 4.73. The number of amides is 1. The Morgan fingerprint density at radius 1 is 1.21 bits per heavy atom. The van der Waals surface area contributed by atoms with Gasteiger partial charge in [0.25, 0.3) is 0 Å². The van der Waals surface area contributed by atoms with Crippen LogP contribution >= 0.6 is 0 Å². The highest BCUT2D eigenvalue weighted by Crippen LogP contribution is 2.28. The van der Waals surface area contributed by atoms with Crippen molar-refractivity contribution in [3.05, 3.63) is 53.5 Å². The minimum absolute atomic E-state index is 0.00252. The van der Waals surface area contributed by atoms with Gasteiger partial charge in [0.15, 0.2) is 0 Å². The molecule has 0 unspecified atom stereocenters. The summed E-state index contributed by atoms with van der Waals surface area (Å²) in [7, 11) is 0. The number of rotatable bonds is 5. The summed E-state index contributed by atoms with van der Waals surface area (Å²) in [6.45, 7) is 4.37. The molecule has 0 bridgehead atoms. The van der Waals surface area contributed by atoms with Gasteiger partial charge < -0.3 is 4.98 Å². The lowest BCUT2D eigenvalue weighted by atomic mass is 10.1. The van der Waals surface area contributed by atoms with Gasteiger partial charge in [0.2, 0.25) is 17.8 Å². The van der Waals surface area contributed by atoms with E-state index >= 15 is 0 Å². The second-order valence-corrected chi connectivity index (χ2v) is 7.20. The maximum Gasteiger partial charge on any atom is 0.229 e. The van der Waals surface area contributed by atoms with Gasteiger partial charge in [-0.3, -0.25) is 20.4 Å². The molecule has 1 fully saturated rings. The van der Waals surface area contributed by atoms with E-state index in [0.29, 0.717) is 18.5 Å². The van der Waals surface area contributed by atoms with Crippen LogP contribution in [0.15, 0.2) is 41.5 Å². The summed E-state index contributed by atoms with van der Waals surface area (Å²) in [6.07, 6.45) is 4.66. The average Bonchev–Trinajstić information content (AvgIpc) is 3.43. The van der Waals surface area contributed by atoms with Gasteiger partial charge in [0.05, 0.1) is 0 Å². The molecule has 3 N–H and O–H groups in total. The predicted octanol–water partition coefficient (Wildman–Crippen LogP) is 3.11. The summed E-state index contributed by atoms with van der Waals surface area (Å²) in [5, 5.41) is 7.18. The van der Waals surface area contributed by atoms with Crippen LogP contribution in [0.2, 0.25) is 0 Å². The number of guanidine groups is 1. The normalized spacial score (nSPS) is 14.3. The molecular weight excluding hydrogens is 352 g/mol. The molecule has 0 saturated heterocycles. The standard InChI is InChI=1S/C21H24N6O/c1-13-11-14(2)25-21(24-13)27-20(26-19(28)15-7-8-15)22-10-9-16-12-23-18-6-4-3-5-17(16)18/h3-6,11-12,15,23H,7-10H2,1-2H3,(H2,22,24,25,26,27,28). The fourth-order valence-corrected chi connectivity index (χ4v) is 3.19. The number of aliphatic imine (C=N–C) groups is 1. The molecule has 1 saturated carbocycles. The van der Waals surface area contributed by atoms with Gasteiger partial charge in [-0.1, -0.05) is 18.2 Å². The number of fused-ring (bicyclic) bond motifs is 1. The molecule has 1 amide bonds. The van der Waals surface area contributed by atoms with E-state index in [1.807, 2.05) is 38.2 Å². The van der Waals surface area contributed by atoms with E-state index in [2.05, 4.69) is 42.7 Å². The summed E-state index contributed by atoms with van der Waals surface area (Å²) in [5.74, 6) is 0.949. The highest BCUT2D eigenvalue weighted by Gasteiger charge is 2.30. The lowest BCUT2D eigenvalue weighted by Crippen LogP contribution is -2.37. The van der Waals surface area contributed by atoms with Gasteiger partial charge in [-0.15, -0.1) is 0 Å². The van der Waals surface area contributed by atoms with Crippen molar-refractivity contribution in [3.8, 4) is 0 Å². The Labute approximate surface area is 163 Å². The van der Waals surface area contributed by atoms with Crippen LogP contribution in [0.1, 0.15) is 29.8 Å². The Kier molecular flexibility index (Phi) is 5.06. The zero-order chi connectivity index (χ0) is 19.5. The molecule has 2 aromatic heterocycles. The van der Waals surface area contributed by atoms with Crippen molar-refractivity contribution in [1.82, 2.24) is 20.3 Å². The Balaban J connectivity index is 1.49. The minimum atomic E-state index is 0.00252. The molecule has 7 heteroatoms. The van der Waals surface area contributed by atoms with E-state index in [1.54, 1.807) is 0 Å². The first-order valence-electron chi connectivity index (χ1n) is 9.58. The summed E-state index contributed by atoms with van der Waals surface area (Å²) >= 11 is 0. The molecule has 0 aliphatic heterocycles. The summed E-state index contributed by atoms with van der Waals surface area (Å²) in [5.41, 5.74) is 4.05. The van der Waals surface area contributed by atoms with Crippen molar-refractivity contribution in [2.45, 2.75) is 33.1 Å². The molecule has 0 spiro atoms. The third kappa shape index (κ3) is 4.36. The number of H-pyrrole nitrogens is 1. The van der Waals surface area contributed by atoms with E-state index in [4.69, 9.17) is 0 Å². The highest BCUT2D eigenvalue weighted by atomic mass is 16.2. The van der Waals surface area contributed by atoms with Crippen LogP contribution < -0.4 is 10.6 Å². The van der Waals surface area contributed by atoms with Crippen LogP contribution in [0, 0.1) is 19.8 Å². The zero-order valence-electron chi connectivity index (χ0n) is 16.1. The maximum absolute atomic E-state index is 12.2. The molecule has 0 radical (unpaired) electrons. The average molecular weight is 376 g/mol. The molecule has 4 rings (SSSR count). The molecule has 1 aliphatic carbocycles. The molecule has 0 atom stereocenters. The SMILES string of the molecule is Cc1cc(C)nc(NC(=NCCc2c[nH]c3ccccc23)NC(=O)C2CC2)n1. The monoisotopic (exact) mass is 376 g/mol. The van der Waals surface area contributed by atoms with Gasteiger partial charge in [0, 0.05) is 41.0 Å². The number of carbonyl (C=O) groups excluding carboxylic acids is 1. The molecule has 28 heavy (non-hydrogen) atoms. The van der Waals surface area contributed by atoms with Crippen molar-refractivity contribution in [2.24, 2.45) is 10.9 Å². The minimum Gasteiger partial charge on any atom is -0.361 e. The molecule has 7 nitrogen and oxygen atoms in total. The summed E-state index contributed by atoms with van der Waals surface area (Å²) < 4.78 is 0. The fourth-order valence-electron chi connectivity index (χ4n) is 3.19. The largest absolute Gasteiger partial charge is 0.361 e. The summed E-state index contributed by atoms with van der Waals surface area (Å²) in [4.78, 5) is 28.9. The van der Waals surface area contributed by atoms with E-state index < -0.39 is 0 Å². The van der Waals surface area contributed by atoms with Gasteiger partial charge in [-0.2, -0.15) is 0 Å². The Bertz CT molecular complexity index is 1010. The van der Waals surface area contributed by atoms with Crippen molar-refractivity contribution >= 4 is 28.7 Å². The number of carbonyl (C=O) groups is 1. The van der Waals surface area contributed by atoms with Crippen LogP contribution in [0.25, 0.3) is 10.9 Å². The lowest BCUT2D eigenvalue weighted by molar-refractivity contribution is -0.120.